The van der Waals surface area contributed by atoms with Gasteiger partial charge in [-0.2, -0.15) is 0 Å². The highest BCUT2D eigenvalue weighted by atomic mass is 16.5. The number of hydrogen-bond donors (Lipinski definition) is 0. The van der Waals surface area contributed by atoms with Crippen LogP contribution in [0.4, 0.5) is 0 Å². The van der Waals surface area contributed by atoms with Crippen LogP contribution in [0.5, 0.6) is 0 Å². The van der Waals surface area contributed by atoms with E-state index in [0.717, 1.165) is 11.1 Å². The van der Waals surface area contributed by atoms with Crippen LogP contribution in [-0.4, -0.2) is 47.1 Å². The standard InChI is InChI=1S/C17H17N3O2/c21-16(20-8-10-22-11-9-20)7-6-14-12-18-17(19-13-14)15-4-2-1-3-5-15/h1-7,12-13H,8-11H2/b7-6+. The van der Waals surface area contributed by atoms with Gasteiger partial charge in [0.1, 0.15) is 0 Å². The molecule has 0 aliphatic carbocycles. The second kappa shape index (κ2) is 6.95. The number of ether oxygens (including phenoxy) is 1. The van der Waals surface area contributed by atoms with Gasteiger partial charge in [0.25, 0.3) is 0 Å². The van der Waals surface area contributed by atoms with E-state index in [-0.39, 0.29) is 5.91 Å². The van der Waals surface area contributed by atoms with Gasteiger partial charge in [-0.05, 0) is 6.08 Å². The molecule has 1 aromatic heterocycles. The molecule has 0 radical (unpaired) electrons. The van der Waals surface area contributed by atoms with Crippen LogP contribution in [0.25, 0.3) is 17.5 Å². The molecule has 0 atom stereocenters. The maximum Gasteiger partial charge on any atom is 0.246 e. The molecule has 0 N–H and O–H groups in total. The summed E-state index contributed by atoms with van der Waals surface area (Å²) >= 11 is 0. The highest BCUT2D eigenvalue weighted by Gasteiger charge is 2.13. The van der Waals surface area contributed by atoms with Crippen LogP contribution < -0.4 is 0 Å². The first-order valence-electron chi connectivity index (χ1n) is 7.25. The summed E-state index contributed by atoms with van der Waals surface area (Å²) < 4.78 is 5.23. The fourth-order valence-electron chi connectivity index (χ4n) is 2.22. The average Bonchev–Trinajstić information content (AvgIpc) is 2.61. The number of benzene rings is 1. The molecule has 2 aromatic rings. The summed E-state index contributed by atoms with van der Waals surface area (Å²) in [7, 11) is 0. The van der Waals surface area contributed by atoms with Gasteiger partial charge in [0.15, 0.2) is 5.82 Å². The number of rotatable bonds is 3. The zero-order valence-corrected chi connectivity index (χ0v) is 12.2. The quantitative estimate of drug-likeness (QED) is 0.813. The molecular formula is C17H17N3O2. The minimum absolute atomic E-state index is 0.00423. The Kier molecular flexibility index (Phi) is 4.56. The number of carbonyl (C=O) groups is 1. The topological polar surface area (TPSA) is 55.3 Å². The van der Waals surface area contributed by atoms with Crippen molar-refractivity contribution in [3.8, 4) is 11.4 Å². The monoisotopic (exact) mass is 295 g/mol. The van der Waals surface area contributed by atoms with Crippen molar-refractivity contribution >= 4 is 12.0 Å². The molecular weight excluding hydrogens is 278 g/mol. The first-order chi connectivity index (χ1) is 10.8. The van der Waals surface area contributed by atoms with Crippen LogP contribution >= 0.6 is 0 Å². The van der Waals surface area contributed by atoms with E-state index in [1.54, 1.807) is 29.4 Å². The van der Waals surface area contributed by atoms with E-state index in [1.807, 2.05) is 30.3 Å². The van der Waals surface area contributed by atoms with E-state index in [2.05, 4.69) is 9.97 Å². The molecule has 0 saturated carbocycles. The van der Waals surface area contributed by atoms with Gasteiger partial charge in [-0.1, -0.05) is 30.3 Å². The summed E-state index contributed by atoms with van der Waals surface area (Å²) in [5.74, 6) is 0.674. The Balaban J connectivity index is 1.65. The number of hydrogen-bond acceptors (Lipinski definition) is 4. The highest BCUT2D eigenvalue weighted by Crippen LogP contribution is 2.13. The first-order valence-corrected chi connectivity index (χ1v) is 7.25. The fraction of sp³-hybridized carbons (Fsp3) is 0.235. The number of morpholine rings is 1. The minimum atomic E-state index is -0.00423. The zero-order chi connectivity index (χ0) is 15.2. The highest BCUT2D eigenvalue weighted by molar-refractivity contribution is 5.91. The summed E-state index contributed by atoms with van der Waals surface area (Å²) in [5, 5.41) is 0. The van der Waals surface area contributed by atoms with Gasteiger partial charge in [-0.25, -0.2) is 9.97 Å². The molecule has 0 spiro atoms. The molecule has 5 nitrogen and oxygen atoms in total. The number of amides is 1. The van der Waals surface area contributed by atoms with Crippen molar-refractivity contribution in [1.29, 1.82) is 0 Å². The van der Waals surface area contributed by atoms with Crippen LogP contribution in [0.1, 0.15) is 5.56 Å². The predicted molar refractivity (Wildman–Crippen MR) is 83.9 cm³/mol. The predicted octanol–water partition coefficient (Wildman–Crippen LogP) is 2.02. The van der Waals surface area contributed by atoms with E-state index in [0.29, 0.717) is 32.1 Å². The molecule has 0 bridgehead atoms. The van der Waals surface area contributed by atoms with E-state index < -0.39 is 0 Å². The Labute approximate surface area is 129 Å². The molecule has 1 amide bonds. The van der Waals surface area contributed by atoms with Crippen molar-refractivity contribution in [1.82, 2.24) is 14.9 Å². The summed E-state index contributed by atoms with van der Waals surface area (Å²) in [6, 6.07) is 9.79. The second-order valence-corrected chi connectivity index (χ2v) is 4.98. The van der Waals surface area contributed by atoms with E-state index >= 15 is 0 Å². The Morgan fingerprint density at radius 3 is 2.45 bits per heavy atom. The van der Waals surface area contributed by atoms with Crippen LogP contribution in [0.2, 0.25) is 0 Å². The van der Waals surface area contributed by atoms with Gasteiger partial charge in [-0.15, -0.1) is 0 Å². The summed E-state index contributed by atoms with van der Waals surface area (Å²) in [6.07, 6.45) is 6.75. The third-order valence-electron chi connectivity index (χ3n) is 3.44. The van der Waals surface area contributed by atoms with Gasteiger partial charge in [-0.3, -0.25) is 4.79 Å². The van der Waals surface area contributed by atoms with Crippen molar-refractivity contribution in [3.05, 3.63) is 54.4 Å². The Morgan fingerprint density at radius 2 is 1.77 bits per heavy atom. The third kappa shape index (κ3) is 3.56. The molecule has 22 heavy (non-hydrogen) atoms. The lowest BCUT2D eigenvalue weighted by Crippen LogP contribution is -2.39. The maximum atomic E-state index is 12.0. The third-order valence-corrected chi connectivity index (χ3v) is 3.44. The number of carbonyl (C=O) groups excluding carboxylic acids is 1. The van der Waals surface area contributed by atoms with Gasteiger partial charge >= 0.3 is 0 Å². The average molecular weight is 295 g/mol. The van der Waals surface area contributed by atoms with Crippen LogP contribution in [-0.2, 0) is 9.53 Å². The zero-order valence-electron chi connectivity index (χ0n) is 12.2. The molecule has 5 heteroatoms. The van der Waals surface area contributed by atoms with Gasteiger partial charge in [0.05, 0.1) is 13.2 Å². The molecule has 3 rings (SSSR count). The number of aromatic nitrogens is 2. The van der Waals surface area contributed by atoms with Crippen molar-refractivity contribution in [2.24, 2.45) is 0 Å². The van der Waals surface area contributed by atoms with E-state index in [1.165, 1.54) is 0 Å². The van der Waals surface area contributed by atoms with Crippen molar-refractivity contribution in [2.45, 2.75) is 0 Å². The van der Waals surface area contributed by atoms with Gasteiger partial charge in [0.2, 0.25) is 5.91 Å². The minimum Gasteiger partial charge on any atom is -0.378 e. The fourth-order valence-corrected chi connectivity index (χ4v) is 2.22. The second-order valence-electron chi connectivity index (χ2n) is 4.98. The van der Waals surface area contributed by atoms with Crippen molar-refractivity contribution < 1.29 is 9.53 Å². The van der Waals surface area contributed by atoms with Crippen LogP contribution in [0.3, 0.4) is 0 Å². The molecule has 1 aliphatic heterocycles. The lowest BCUT2D eigenvalue weighted by Gasteiger charge is -2.25. The Bertz CT molecular complexity index is 647. The molecule has 1 fully saturated rings. The molecule has 1 aromatic carbocycles. The van der Waals surface area contributed by atoms with Gasteiger partial charge in [0, 0.05) is 42.7 Å². The molecule has 1 aliphatic rings. The molecule has 0 unspecified atom stereocenters. The SMILES string of the molecule is O=C(/C=C/c1cnc(-c2ccccc2)nc1)N1CCOCC1. The maximum absolute atomic E-state index is 12.0. The van der Waals surface area contributed by atoms with Crippen molar-refractivity contribution in [3.63, 3.8) is 0 Å². The normalized spacial score (nSPS) is 15.2. The first kappa shape index (κ1) is 14.4. The Hall–Kier alpha value is -2.53. The summed E-state index contributed by atoms with van der Waals surface area (Å²) in [4.78, 5) is 22.4. The van der Waals surface area contributed by atoms with Crippen molar-refractivity contribution in [2.75, 3.05) is 26.3 Å². The Morgan fingerprint density at radius 1 is 1.09 bits per heavy atom. The lowest BCUT2D eigenvalue weighted by molar-refractivity contribution is -0.129. The van der Waals surface area contributed by atoms with Crippen LogP contribution in [0, 0.1) is 0 Å². The largest absolute Gasteiger partial charge is 0.378 e. The molecule has 1 saturated heterocycles. The number of nitrogens with zero attached hydrogens (tertiary/aromatic N) is 3. The van der Waals surface area contributed by atoms with E-state index in [9.17, 15) is 4.79 Å². The smallest absolute Gasteiger partial charge is 0.246 e. The molecule has 112 valence electrons. The van der Waals surface area contributed by atoms with Gasteiger partial charge < -0.3 is 9.64 Å². The van der Waals surface area contributed by atoms with E-state index in [4.69, 9.17) is 4.74 Å². The lowest BCUT2D eigenvalue weighted by atomic mass is 10.2. The summed E-state index contributed by atoms with van der Waals surface area (Å²) in [5.41, 5.74) is 1.78. The summed E-state index contributed by atoms with van der Waals surface area (Å²) in [6.45, 7) is 2.50. The molecule has 2 heterocycles. The van der Waals surface area contributed by atoms with Crippen LogP contribution in [0.15, 0.2) is 48.8 Å².